The highest BCUT2D eigenvalue weighted by Gasteiger charge is 2.13. The summed E-state index contributed by atoms with van der Waals surface area (Å²) >= 11 is 0. The molecule has 35 heavy (non-hydrogen) atoms. The Bertz CT molecular complexity index is 1260. The van der Waals surface area contributed by atoms with Gasteiger partial charge in [0.1, 0.15) is 0 Å². The molecule has 2 aromatic heterocycles. The Morgan fingerprint density at radius 1 is 1.00 bits per heavy atom. The summed E-state index contributed by atoms with van der Waals surface area (Å²) in [6, 6.07) is 9.81. The maximum atomic E-state index is 12.8. The third kappa shape index (κ3) is 7.08. The number of nitrogens with zero attached hydrogens (tertiary/aromatic N) is 4. The molecule has 3 rings (SSSR count). The van der Waals surface area contributed by atoms with E-state index in [0.29, 0.717) is 61.1 Å². The Labute approximate surface area is 203 Å². The molecule has 0 unspecified atom stereocenters. The highest BCUT2D eigenvalue weighted by molar-refractivity contribution is 5.94. The van der Waals surface area contributed by atoms with Crippen molar-refractivity contribution in [3.63, 3.8) is 0 Å². The van der Waals surface area contributed by atoms with E-state index in [4.69, 9.17) is 0 Å². The highest BCUT2D eigenvalue weighted by Crippen LogP contribution is 2.19. The van der Waals surface area contributed by atoms with Gasteiger partial charge in [0.2, 0.25) is 11.9 Å². The van der Waals surface area contributed by atoms with Gasteiger partial charge in [0, 0.05) is 50.0 Å². The van der Waals surface area contributed by atoms with Crippen molar-refractivity contribution in [2.75, 3.05) is 45.6 Å². The summed E-state index contributed by atoms with van der Waals surface area (Å²) in [6.45, 7) is 4.93. The van der Waals surface area contributed by atoms with Crippen molar-refractivity contribution >= 4 is 28.8 Å². The number of anilines is 1. The lowest BCUT2D eigenvalue weighted by atomic mass is 10.1. The minimum absolute atomic E-state index is 0.126. The molecule has 0 aliphatic carbocycles. The number of hydrogen-bond donors (Lipinski definition) is 3. The van der Waals surface area contributed by atoms with E-state index in [1.165, 1.54) is 17.6 Å². The Morgan fingerprint density at radius 2 is 1.71 bits per heavy atom. The molecule has 0 atom stereocenters. The molecule has 0 spiro atoms. The second kappa shape index (κ2) is 11.1. The summed E-state index contributed by atoms with van der Waals surface area (Å²) < 4.78 is 1.07. The SMILES string of the molecule is CC(=O)NCCNc1nc(C)c2ccc(=O)n(-c3ccc(C(=O)NCCC[N+](C)(C)[O-])cc3)c2n1. The number of hydroxylamine groups is 3. The van der Waals surface area contributed by atoms with E-state index in [2.05, 4.69) is 25.9 Å². The first-order chi connectivity index (χ1) is 16.5. The fourth-order valence-electron chi connectivity index (χ4n) is 3.53. The first-order valence-corrected chi connectivity index (χ1v) is 11.4. The Balaban J connectivity index is 1.81. The van der Waals surface area contributed by atoms with E-state index < -0.39 is 4.65 Å². The van der Waals surface area contributed by atoms with Crippen molar-refractivity contribution in [1.82, 2.24) is 25.2 Å². The molecule has 3 N–H and O–H groups in total. The monoisotopic (exact) mass is 481 g/mol. The number of fused-ring (bicyclic) bond motifs is 1. The predicted molar refractivity (Wildman–Crippen MR) is 134 cm³/mol. The maximum absolute atomic E-state index is 12.8. The van der Waals surface area contributed by atoms with Crippen LogP contribution in [0.15, 0.2) is 41.2 Å². The normalized spacial score (nSPS) is 11.3. The molecule has 0 saturated heterocycles. The van der Waals surface area contributed by atoms with Gasteiger partial charge in [0.25, 0.3) is 11.5 Å². The van der Waals surface area contributed by atoms with Gasteiger partial charge in [-0.3, -0.25) is 19.0 Å². The minimum Gasteiger partial charge on any atom is -0.633 e. The molecule has 0 bridgehead atoms. The van der Waals surface area contributed by atoms with Gasteiger partial charge in [-0.1, -0.05) is 0 Å². The van der Waals surface area contributed by atoms with Crippen LogP contribution in [0.4, 0.5) is 5.95 Å². The molecule has 11 heteroatoms. The molecule has 0 radical (unpaired) electrons. The molecule has 0 aliphatic rings. The average Bonchev–Trinajstić information content (AvgIpc) is 2.79. The van der Waals surface area contributed by atoms with E-state index in [0.717, 1.165) is 5.39 Å². The number of hydrogen-bond acceptors (Lipinski definition) is 7. The van der Waals surface area contributed by atoms with Crippen LogP contribution in [0.25, 0.3) is 16.7 Å². The summed E-state index contributed by atoms with van der Waals surface area (Å²) in [5.41, 5.74) is 1.87. The second-order valence-electron chi connectivity index (χ2n) is 8.74. The number of carbonyl (C=O) groups excluding carboxylic acids is 2. The van der Waals surface area contributed by atoms with Gasteiger partial charge in [-0.05, 0) is 37.3 Å². The van der Waals surface area contributed by atoms with Crippen molar-refractivity contribution in [1.29, 1.82) is 0 Å². The summed E-state index contributed by atoms with van der Waals surface area (Å²) in [5, 5.41) is 20.9. The van der Waals surface area contributed by atoms with E-state index >= 15 is 0 Å². The molecule has 2 amide bonds. The van der Waals surface area contributed by atoms with Crippen LogP contribution in [-0.4, -0.2) is 71.3 Å². The Hall–Kier alpha value is -3.83. The van der Waals surface area contributed by atoms with Crippen LogP contribution in [0.2, 0.25) is 0 Å². The number of rotatable bonds is 10. The molecular weight excluding hydrogens is 450 g/mol. The van der Waals surface area contributed by atoms with Crippen LogP contribution in [0.1, 0.15) is 29.4 Å². The first kappa shape index (κ1) is 25.8. The lowest BCUT2D eigenvalue weighted by molar-refractivity contribution is -0.840. The summed E-state index contributed by atoms with van der Waals surface area (Å²) in [6.07, 6.45) is 0.575. The summed E-state index contributed by atoms with van der Waals surface area (Å²) in [5.74, 6) is -0.0311. The Kier molecular flexibility index (Phi) is 8.15. The molecular formula is C24H31N7O4. The lowest BCUT2D eigenvalue weighted by Gasteiger charge is -2.33. The zero-order chi connectivity index (χ0) is 25.6. The quantitative estimate of drug-likeness (QED) is 0.225. The van der Waals surface area contributed by atoms with Crippen LogP contribution in [0.3, 0.4) is 0 Å². The Morgan fingerprint density at radius 3 is 2.37 bits per heavy atom. The first-order valence-electron chi connectivity index (χ1n) is 11.4. The zero-order valence-electron chi connectivity index (χ0n) is 20.4. The maximum Gasteiger partial charge on any atom is 0.256 e. The number of nitrogens with one attached hydrogen (secondary N) is 3. The van der Waals surface area contributed by atoms with Crippen molar-refractivity contribution in [3.05, 3.63) is 63.2 Å². The third-order valence-corrected chi connectivity index (χ3v) is 5.27. The minimum atomic E-state index is -0.403. The number of amides is 2. The molecule has 0 aliphatic heterocycles. The van der Waals surface area contributed by atoms with Crippen LogP contribution < -0.4 is 21.5 Å². The smallest absolute Gasteiger partial charge is 0.256 e. The van der Waals surface area contributed by atoms with E-state index in [-0.39, 0.29) is 17.4 Å². The fourth-order valence-corrected chi connectivity index (χ4v) is 3.53. The largest absolute Gasteiger partial charge is 0.633 e. The number of pyridine rings is 1. The van der Waals surface area contributed by atoms with Crippen molar-refractivity contribution < 1.29 is 14.2 Å². The molecule has 1 aromatic carbocycles. The summed E-state index contributed by atoms with van der Waals surface area (Å²) in [7, 11) is 3.13. The standard InChI is InChI=1S/C24H31N7O4/c1-16-20-10-11-21(33)30(22(20)29-24(28-16)27-14-13-25-17(2)32)19-8-6-18(7-9-19)23(34)26-12-5-15-31(3,4)35/h6-11H,5,12-15H2,1-4H3,(H,25,32)(H,26,34)(H,27,28,29). The van der Waals surface area contributed by atoms with Crippen molar-refractivity contribution in [3.8, 4) is 5.69 Å². The van der Waals surface area contributed by atoms with Gasteiger partial charge in [-0.15, -0.1) is 0 Å². The van der Waals surface area contributed by atoms with Gasteiger partial charge in [-0.25, -0.2) is 4.98 Å². The van der Waals surface area contributed by atoms with E-state index in [1.54, 1.807) is 44.4 Å². The lowest BCUT2D eigenvalue weighted by Crippen LogP contribution is -2.35. The van der Waals surface area contributed by atoms with Crippen LogP contribution in [0, 0.1) is 12.1 Å². The molecule has 0 fully saturated rings. The molecule has 2 heterocycles. The molecule has 186 valence electrons. The molecule has 3 aromatic rings. The predicted octanol–water partition coefficient (Wildman–Crippen LogP) is 1.33. The summed E-state index contributed by atoms with van der Waals surface area (Å²) in [4.78, 5) is 45.3. The third-order valence-electron chi connectivity index (χ3n) is 5.27. The van der Waals surface area contributed by atoms with Gasteiger partial charge in [0.05, 0.1) is 32.0 Å². The number of aryl methyl sites for hydroxylation is 1. The topological polar surface area (TPSA) is 141 Å². The van der Waals surface area contributed by atoms with E-state index in [1.807, 2.05) is 6.92 Å². The second-order valence-corrected chi connectivity index (χ2v) is 8.74. The van der Waals surface area contributed by atoms with Crippen LogP contribution >= 0.6 is 0 Å². The average molecular weight is 482 g/mol. The molecule has 0 saturated carbocycles. The highest BCUT2D eigenvalue weighted by atomic mass is 16.5. The zero-order valence-corrected chi connectivity index (χ0v) is 20.4. The van der Waals surface area contributed by atoms with Gasteiger partial charge in [0.15, 0.2) is 5.65 Å². The van der Waals surface area contributed by atoms with E-state index in [9.17, 15) is 19.6 Å². The van der Waals surface area contributed by atoms with Crippen molar-refractivity contribution in [2.45, 2.75) is 20.3 Å². The van der Waals surface area contributed by atoms with Gasteiger partial charge >= 0.3 is 0 Å². The fraction of sp³-hybridized carbons (Fsp3) is 0.375. The van der Waals surface area contributed by atoms with Crippen LogP contribution in [-0.2, 0) is 4.79 Å². The molecule has 11 nitrogen and oxygen atoms in total. The number of benzene rings is 1. The van der Waals surface area contributed by atoms with Crippen molar-refractivity contribution in [2.24, 2.45) is 0 Å². The number of aromatic nitrogens is 3. The number of carbonyl (C=O) groups is 2. The van der Waals surface area contributed by atoms with Gasteiger partial charge in [-0.2, -0.15) is 4.98 Å². The van der Waals surface area contributed by atoms with Crippen LogP contribution in [0.5, 0.6) is 0 Å². The number of quaternary nitrogens is 1. The van der Waals surface area contributed by atoms with Gasteiger partial charge < -0.3 is 25.8 Å².